The Morgan fingerprint density at radius 1 is 1.14 bits per heavy atom. The molecule has 1 aliphatic rings. The largest absolute Gasteiger partial charge is 0.273 e. The molecule has 22 heavy (non-hydrogen) atoms. The summed E-state index contributed by atoms with van der Waals surface area (Å²) in [5, 5.41) is 5.63. The second-order valence-electron chi connectivity index (χ2n) is 5.20. The average molecular weight is 300 g/mol. The summed E-state index contributed by atoms with van der Waals surface area (Å²) in [6.07, 6.45) is 0.423. The summed E-state index contributed by atoms with van der Waals surface area (Å²) >= 11 is 0. The zero-order valence-corrected chi connectivity index (χ0v) is 12.0. The Bertz CT molecular complexity index is 758. The molecule has 3 rings (SSSR count). The van der Waals surface area contributed by atoms with Crippen LogP contribution >= 0.6 is 0 Å². The third-order valence-electron chi connectivity index (χ3n) is 3.62. The van der Waals surface area contributed by atoms with Crippen molar-refractivity contribution in [2.45, 2.75) is 19.4 Å². The first-order valence-electron chi connectivity index (χ1n) is 6.93. The van der Waals surface area contributed by atoms with Crippen molar-refractivity contribution in [2.24, 2.45) is 5.10 Å². The Kier molecular flexibility index (Phi) is 3.71. The fraction of sp³-hybridized carbons (Fsp3) is 0.176. The molecule has 0 saturated heterocycles. The molecule has 3 nitrogen and oxygen atoms in total. The Hall–Kier alpha value is -2.56. The van der Waals surface area contributed by atoms with E-state index >= 15 is 0 Å². The average Bonchev–Trinajstić information content (AvgIpc) is 2.92. The van der Waals surface area contributed by atoms with Gasteiger partial charge in [-0.3, -0.25) is 4.79 Å². The summed E-state index contributed by atoms with van der Waals surface area (Å²) in [4.78, 5) is 11.8. The number of hydrazone groups is 1. The highest BCUT2D eigenvalue weighted by Crippen LogP contribution is 2.33. The van der Waals surface area contributed by atoms with Crippen LogP contribution < -0.4 is 0 Å². The summed E-state index contributed by atoms with van der Waals surface area (Å²) < 4.78 is 26.8. The van der Waals surface area contributed by atoms with E-state index in [1.807, 2.05) is 0 Å². The molecule has 5 heteroatoms. The van der Waals surface area contributed by atoms with Crippen LogP contribution in [0.25, 0.3) is 0 Å². The molecular formula is C17H14F2N2O. The van der Waals surface area contributed by atoms with E-state index in [4.69, 9.17) is 0 Å². The molecule has 2 aromatic carbocycles. The van der Waals surface area contributed by atoms with Crippen molar-refractivity contribution in [2.75, 3.05) is 0 Å². The molecule has 1 amide bonds. The van der Waals surface area contributed by atoms with Crippen molar-refractivity contribution < 1.29 is 13.6 Å². The molecule has 0 radical (unpaired) electrons. The van der Waals surface area contributed by atoms with Crippen LogP contribution in [-0.2, 0) is 4.79 Å². The van der Waals surface area contributed by atoms with Crippen LogP contribution in [0.4, 0.5) is 8.78 Å². The van der Waals surface area contributed by atoms with E-state index < -0.39 is 0 Å². The summed E-state index contributed by atoms with van der Waals surface area (Å²) in [5.74, 6) is -0.954. The Labute approximate surface area is 126 Å². The van der Waals surface area contributed by atoms with E-state index in [1.165, 1.54) is 36.2 Å². The number of rotatable bonds is 2. The molecule has 0 N–H and O–H groups in total. The zero-order valence-electron chi connectivity index (χ0n) is 12.0. The van der Waals surface area contributed by atoms with Gasteiger partial charge in [0, 0.05) is 18.9 Å². The number of carbonyl (C=O) groups is 1. The first-order chi connectivity index (χ1) is 10.5. The molecular weight excluding hydrogens is 286 g/mol. The molecule has 1 atom stereocenters. The highest BCUT2D eigenvalue weighted by molar-refractivity contribution is 6.03. The standard InChI is InChI=1S/C17H14F2N2O/c1-11(22)21-17(13-5-3-7-15(19)9-13)10-16(20-21)12-4-2-6-14(18)8-12/h2-9,17H,10H2,1H3/t17-/m0/s1. The van der Waals surface area contributed by atoms with Crippen molar-refractivity contribution in [3.8, 4) is 0 Å². The van der Waals surface area contributed by atoms with E-state index in [0.717, 1.165) is 0 Å². The van der Waals surface area contributed by atoms with E-state index in [9.17, 15) is 13.6 Å². The van der Waals surface area contributed by atoms with E-state index in [0.29, 0.717) is 23.3 Å². The molecule has 1 aliphatic heterocycles. The Morgan fingerprint density at radius 2 is 1.82 bits per heavy atom. The van der Waals surface area contributed by atoms with Crippen molar-refractivity contribution in [1.82, 2.24) is 5.01 Å². The fourth-order valence-electron chi connectivity index (χ4n) is 2.62. The number of hydrogen-bond donors (Lipinski definition) is 0. The summed E-state index contributed by atoms with van der Waals surface area (Å²) in [5.41, 5.74) is 1.92. The number of amides is 1. The van der Waals surface area contributed by atoms with Crippen LogP contribution in [0.2, 0.25) is 0 Å². The number of carbonyl (C=O) groups excluding carboxylic acids is 1. The maximum Gasteiger partial charge on any atom is 0.240 e. The quantitative estimate of drug-likeness (QED) is 0.833. The molecule has 112 valence electrons. The normalized spacial score (nSPS) is 17.5. The van der Waals surface area contributed by atoms with Crippen LogP contribution in [0.1, 0.15) is 30.5 Å². The Morgan fingerprint density at radius 3 is 2.45 bits per heavy atom. The zero-order chi connectivity index (χ0) is 15.7. The maximum absolute atomic E-state index is 13.4. The van der Waals surface area contributed by atoms with Gasteiger partial charge < -0.3 is 0 Å². The van der Waals surface area contributed by atoms with E-state index in [-0.39, 0.29) is 23.6 Å². The second-order valence-corrected chi connectivity index (χ2v) is 5.20. The van der Waals surface area contributed by atoms with Gasteiger partial charge in [-0.1, -0.05) is 24.3 Å². The minimum absolute atomic E-state index is 0.235. The van der Waals surface area contributed by atoms with Crippen LogP contribution in [-0.4, -0.2) is 16.6 Å². The lowest BCUT2D eigenvalue weighted by Crippen LogP contribution is -2.24. The van der Waals surface area contributed by atoms with Gasteiger partial charge >= 0.3 is 0 Å². The topological polar surface area (TPSA) is 32.7 Å². The minimum atomic E-state index is -0.369. The minimum Gasteiger partial charge on any atom is -0.273 e. The monoisotopic (exact) mass is 300 g/mol. The van der Waals surface area contributed by atoms with Crippen molar-refractivity contribution >= 4 is 11.6 Å². The van der Waals surface area contributed by atoms with Gasteiger partial charge in [-0.2, -0.15) is 5.10 Å². The van der Waals surface area contributed by atoms with Crippen LogP contribution in [0.3, 0.4) is 0 Å². The third kappa shape index (κ3) is 2.74. The van der Waals surface area contributed by atoms with Gasteiger partial charge in [0.2, 0.25) is 5.91 Å². The SMILES string of the molecule is CC(=O)N1N=C(c2cccc(F)c2)C[C@H]1c1cccc(F)c1. The highest BCUT2D eigenvalue weighted by Gasteiger charge is 2.31. The lowest BCUT2D eigenvalue weighted by Gasteiger charge is -2.20. The summed E-state index contributed by atoms with van der Waals surface area (Å²) in [6.45, 7) is 1.41. The van der Waals surface area contributed by atoms with Crippen LogP contribution in [0.5, 0.6) is 0 Å². The molecule has 0 spiro atoms. The number of benzene rings is 2. The fourth-order valence-corrected chi connectivity index (χ4v) is 2.62. The van der Waals surface area contributed by atoms with Gasteiger partial charge in [0.05, 0.1) is 11.8 Å². The predicted octanol–water partition coefficient (Wildman–Crippen LogP) is 3.66. The van der Waals surface area contributed by atoms with Gasteiger partial charge in [-0.15, -0.1) is 0 Å². The van der Waals surface area contributed by atoms with E-state index in [2.05, 4.69) is 5.10 Å². The molecule has 2 aromatic rings. The molecule has 0 saturated carbocycles. The Balaban J connectivity index is 1.96. The van der Waals surface area contributed by atoms with Gasteiger partial charge in [0.25, 0.3) is 0 Å². The highest BCUT2D eigenvalue weighted by atomic mass is 19.1. The van der Waals surface area contributed by atoms with Crippen LogP contribution in [0.15, 0.2) is 53.6 Å². The first-order valence-corrected chi connectivity index (χ1v) is 6.93. The number of nitrogens with zero attached hydrogens (tertiary/aromatic N) is 2. The van der Waals surface area contributed by atoms with Crippen LogP contribution in [0, 0.1) is 11.6 Å². The smallest absolute Gasteiger partial charge is 0.240 e. The van der Waals surface area contributed by atoms with Gasteiger partial charge in [0.15, 0.2) is 0 Å². The summed E-state index contributed by atoms with van der Waals surface area (Å²) in [6, 6.07) is 11.8. The van der Waals surface area contributed by atoms with Gasteiger partial charge in [-0.25, -0.2) is 13.8 Å². The van der Waals surface area contributed by atoms with Crippen molar-refractivity contribution in [1.29, 1.82) is 0 Å². The molecule has 0 unspecified atom stereocenters. The summed E-state index contributed by atoms with van der Waals surface area (Å²) in [7, 11) is 0. The molecule has 0 fully saturated rings. The van der Waals surface area contributed by atoms with Gasteiger partial charge in [-0.05, 0) is 29.8 Å². The number of hydrogen-bond acceptors (Lipinski definition) is 2. The van der Waals surface area contributed by atoms with Gasteiger partial charge in [0.1, 0.15) is 11.6 Å². The molecule has 1 heterocycles. The number of halogens is 2. The predicted molar refractivity (Wildman–Crippen MR) is 79.2 cm³/mol. The lowest BCUT2D eigenvalue weighted by atomic mass is 9.98. The second kappa shape index (κ2) is 5.67. The molecule has 0 aliphatic carbocycles. The first kappa shape index (κ1) is 14.4. The molecule has 0 aromatic heterocycles. The maximum atomic E-state index is 13.4. The van der Waals surface area contributed by atoms with Crippen molar-refractivity contribution in [3.63, 3.8) is 0 Å². The molecule has 0 bridgehead atoms. The van der Waals surface area contributed by atoms with Crippen molar-refractivity contribution in [3.05, 3.63) is 71.3 Å². The lowest BCUT2D eigenvalue weighted by molar-refractivity contribution is -0.130. The third-order valence-corrected chi connectivity index (χ3v) is 3.62. The van der Waals surface area contributed by atoms with E-state index in [1.54, 1.807) is 24.3 Å².